The van der Waals surface area contributed by atoms with Gasteiger partial charge in [0.2, 0.25) is 0 Å². The molecule has 90 valence electrons. The van der Waals surface area contributed by atoms with E-state index in [1.165, 1.54) is 6.42 Å². The topological polar surface area (TPSA) is 24.5 Å². The van der Waals surface area contributed by atoms with E-state index < -0.39 is 0 Å². The molecule has 1 aliphatic rings. The van der Waals surface area contributed by atoms with E-state index in [0.29, 0.717) is 24.1 Å². The fourth-order valence-corrected chi connectivity index (χ4v) is 2.45. The predicted octanol–water partition coefficient (Wildman–Crippen LogP) is 1.34. The van der Waals surface area contributed by atoms with E-state index in [9.17, 15) is 0 Å². The van der Waals surface area contributed by atoms with Gasteiger partial charge in [0.15, 0.2) is 0 Å². The lowest BCUT2D eigenvalue weighted by Crippen LogP contribution is -2.46. The lowest BCUT2D eigenvalue weighted by molar-refractivity contribution is 0.0595. The fourth-order valence-electron chi connectivity index (χ4n) is 2.45. The van der Waals surface area contributed by atoms with Crippen molar-refractivity contribution in [2.24, 2.45) is 5.92 Å². The quantitative estimate of drug-likeness (QED) is 0.747. The molecular formula is C12H26N2O. The van der Waals surface area contributed by atoms with Crippen molar-refractivity contribution in [3.8, 4) is 0 Å². The van der Waals surface area contributed by atoms with Crippen molar-refractivity contribution in [1.29, 1.82) is 0 Å². The van der Waals surface area contributed by atoms with Crippen LogP contribution in [0, 0.1) is 5.92 Å². The Bertz CT molecular complexity index is 186. The predicted molar refractivity (Wildman–Crippen MR) is 64.1 cm³/mol. The van der Waals surface area contributed by atoms with E-state index in [-0.39, 0.29) is 0 Å². The molecule has 0 bridgehead atoms. The Balaban J connectivity index is 2.47. The van der Waals surface area contributed by atoms with Gasteiger partial charge in [-0.05, 0) is 46.8 Å². The van der Waals surface area contributed by atoms with Gasteiger partial charge in [-0.25, -0.2) is 0 Å². The van der Waals surface area contributed by atoms with E-state index in [2.05, 4.69) is 38.0 Å². The molecule has 15 heavy (non-hydrogen) atoms. The summed E-state index contributed by atoms with van der Waals surface area (Å²) in [6, 6.07) is 1.20. The van der Waals surface area contributed by atoms with Crippen molar-refractivity contribution in [3.05, 3.63) is 0 Å². The number of likely N-dealkylation sites (N-methyl/N-ethyl adjacent to an activating group) is 1. The van der Waals surface area contributed by atoms with Crippen LogP contribution >= 0.6 is 0 Å². The maximum absolute atomic E-state index is 5.62. The number of hydrogen-bond acceptors (Lipinski definition) is 3. The molecule has 4 unspecified atom stereocenters. The zero-order valence-corrected chi connectivity index (χ0v) is 10.8. The first-order valence-corrected chi connectivity index (χ1v) is 6.06. The zero-order chi connectivity index (χ0) is 11.4. The minimum Gasteiger partial charge on any atom is -0.377 e. The standard InChI is InChI=1S/C12H26N2O/c1-9(8-13-4)10(2)14(5)12-6-7-15-11(12)3/h9-13H,6-8H2,1-5H3. The van der Waals surface area contributed by atoms with Gasteiger partial charge in [-0.15, -0.1) is 0 Å². The molecule has 0 aromatic carbocycles. The summed E-state index contributed by atoms with van der Waals surface area (Å²) in [7, 11) is 4.25. The van der Waals surface area contributed by atoms with Gasteiger partial charge in [0.25, 0.3) is 0 Å². The molecule has 1 saturated heterocycles. The second-order valence-corrected chi connectivity index (χ2v) is 4.87. The largest absolute Gasteiger partial charge is 0.377 e. The number of nitrogens with one attached hydrogen (secondary N) is 1. The van der Waals surface area contributed by atoms with Crippen LogP contribution in [-0.4, -0.2) is 50.3 Å². The molecule has 1 heterocycles. The van der Waals surface area contributed by atoms with Crippen molar-refractivity contribution in [2.45, 2.75) is 45.4 Å². The third-order valence-electron chi connectivity index (χ3n) is 3.85. The van der Waals surface area contributed by atoms with Crippen LogP contribution in [0.5, 0.6) is 0 Å². The fraction of sp³-hybridized carbons (Fsp3) is 1.00. The molecule has 0 aromatic rings. The summed E-state index contributed by atoms with van der Waals surface area (Å²) in [5.74, 6) is 0.674. The Labute approximate surface area is 94.2 Å². The van der Waals surface area contributed by atoms with E-state index in [1.807, 2.05) is 7.05 Å². The minimum atomic E-state index is 0.388. The summed E-state index contributed by atoms with van der Waals surface area (Å²) >= 11 is 0. The second kappa shape index (κ2) is 5.83. The van der Waals surface area contributed by atoms with Crippen molar-refractivity contribution in [1.82, 2.24) is 10.2 Å². The molecule has 1 fully saturated rings. The monoisotopic (exact) mass is 214 g/mol. The van der Waals surface area contributed by atoms with E-state index in [1.54, 1.807) is 0 Å². The molecular weight excluding hydrogens is 188 g/mol. The number of nitrogens with zero attached hydrogens (tertiary/aromatic N) is 1. The summed E-state index contributed by atoms with van der Waals surface area (Å²) in [5, 5.41) is 3.25. The molecule has 4 atom stereocenters. The van der Waals surface area contributed by atoms with Crippen molar-refractivity contribution in [2.75, 3.05) is 27.2 Å². The summed E-state index contributed by atoms with van der Waals surface area (Å²) < 4.78 is 5.62. The first kappa shape index (κ1) is 12.9. The lowest BCUT2D eigenvalue weighted by atomic mass is 9.99. The van der Waals surface area contributed by atoms with Gasteiger partial charge in [0.05, 0.1) is 6.10 Å². The third-order valence-corrected chi connectivity index (χ3v) is 3.85. The average molecular weight is 214 g/mol. The highest BCUT2D eigenvalue weighted by molar-refractivity contribution is 4.85. The maximum Gasteiger partial charge on any atom is 0.0703 e. The van der Waals surface area contributed by atoms with Crippen LogP contribution in [0.2, 0.25) is 0 Å². The molecule has 0 saturated carbocycles. The average Bonchev–Trinajstić information content (AvgIpc) is 2.62. The van der Waals surface area contributed by atoms with Gasteiger partial charge in [-0.1, -0.05) is 6.92 Å². The highest BCUT2D eigenvalue weighted by atomic mass is 16.5. The van der Waals surface area contributed by atoms with E-state index in [0.717, 1.165) is 13.2 Å². The van der Waals surface area contributed by atoms with E-state index in [4.69, 9.17) is 4.74 Å². The van der Waals surface area contributed by atoms with Crippen molar-refractivity contribution < 1.29 is 4.74 Å². The van der Waals surface area contributed by atoms with Gasteiger partial charge in [-0.2, -0.15) is 0 Å². The van der Waals surface area contributed by atoms with Crippen molar-refractivity contribution in [3.63, 3.8) is 0 Å². The molecule has 1 N–H and O–H groups in total. The Kier molecular flexibility index (Phi) is 5.03. The van der Waals surface area contributed by atoms with Crippen molar-refractivity contribution >= 4 is 0 Å². The summed E-state index contributed by atoms with van der Waals surface area (Å²) in [4.78, 5) is 2.49. The van der Waals surface area contributed by atoms with Crippen LogP contribution in [0.25, 0.3) is 0 Å². The summed E-state index contributed by atoms with van der Waals surface area (Å²) in [6.45, 7) is 8.80. The Morgan fingerprint density at radius 2 is 2.13 bits per heavy atom. The van der Waals surface area contributed by atoms with Gasteiger partial charge in [0, 0.05) is 18.7 Å². The Morgan fingerprint density at radius 3 is 2.60 bits per heavy atom. The van der Waals surface area contributed by atoms with Crippen LogP contribution in [0.15, 0.2) is 0 Å². The highest BCUT2D eigenvalue weighted by Gasteiger charge is 2.31. The lowest BCUT2D eigenvalue weighted by Gasteiger charge is -2.35. The van der Waals surface area contributed by atoms with Crippen LogP contribution < -0.4 is 5.32 Å². The SMILES string of the molecule is CNCC(C)C(C)N(C)C1CCOC1C. The molecule has 1 aliphatic heterocycles. The van der Waals surface area contributed by atoms with Crippen LogP contribution in [-0.2, 0) is 4.74 Å². The molecule has 0 radical (unpaired) electrons. The molecule has 0 aliphatic carbocycles. The van der Waals surface area contributed by atoms with Crippen LogP contribution in [0.4, 0.5) is 0 Å². The number of hydrogen-bond donors (Lipinski definition) is 1. The Hall–Kier alpha value is -0.120. The van der Waals surface area contributed by atoms with Gasteiger partial charge in [-0.3, -0.25) is 4.90 Å². The molecule has 0 spiro atoms. The molecule has 1 rings (SSSR count). The minimum absolute atomic E-state index is 0.388. The highest BCUT2D eigenvalue weighted by Crippen LogP contribution is 2.22. The third kappa shape index (κ3) is 3.16. The first-order valence-electron chi connectivity index (χ1n) is 6.06. The van der Waals surface area contributed by atoms with Crippen LogP contribution in [0.1, 0.15) is 27.2 Å². The zero-order valence-electron chi connectivity index (χ0n) is 10.8. The smallest absolute Gasteiger partial charge is 0.0703 e. The normalized spacial score (nSPS) is 30.8. The van der Waals surface area contributed by atoms with Crippen LogP contribution in [0.3, 0.4) is 0 Å². The molecule has 3 heteroatoms. The summed E-state index contributed by atoms with van der Waals surface area (Å²) in [6.07, 6.45) is 1.56. The summed E-state index contributed by atoms with van der Waals surface area (Å²) in [5.41, 5.74) is 0. The van der Waals surface area contributed by atoms with Gasteiger partial charge in [0.1, 0.15) is 0 Å². The van der Waals surface area contributed by atoms with Gasteiger partial charge >= 0.3 is 0 Å². The maximum atomic E-state index is 5.62. The second-order valence-electron chi connectivity index (χ2n) is 4.87. The molecule has 3 nitrogen and oxygen atoms in total. The molecule has 0 aromatic heterocycles. The Morgan fingerprint density at radius 1 is 1.47 bits per heavy atom. The van der Waals surface area contributed by atoms with Gasteiger partial charge < -0.3 is 10.1 Å². The number of rotatable bonds is 5. The van der Waals surface area contributed by atoms with E-state index >= 15 is 0 Å². The number of ether oxygens (including phenoxy) is 1. The molecule has 0 amide bonds. The first-order chi connectivity index (χ1) is 7.07.